The molecule has 0 aromatic heterocycles. The fraction of sp³-hybridized carbons (Fsp3) is 0.571. The fourth-order valence-corrected chi connectivity index (χ4v) is 2.88. The van der Waals surface area contributed by atoms with E-state index in [1.807, 2.05) is 12.1 Å². The van der Waals surface area contributed by atoms with E-state index in [9.17, 15) is 5.11 Å². The van der Waals surface area contributed by atoms with E-state index in [-0.39, 0.29) is 5.92 Å². The number of aliphatic hydroxyl groups is 1. The lowest BCUT2D eigenvalue weighted by Crippen LogP contribution is -2.17. The smallest absolute Gasteiger partial charge is 0.175 e. The zero-order valence-electron chi connectivity index (χ0n) is 10.8. The Morgan fingerprint density at radius 1 is 1.22 bits per heavy atom. The predicted octanol–water partition coefficient (Wildman–Crippen LogP) is 3.69. The Bertz CT molecular complexity index is 416. The summed E-state index contributed by atoms with van der Waals surface area (Å²) in [5.74, 6) is 1.73. The molecule has 4 heteroatoms. The maximum atomic E-state index is 10.4. The average molecular weight is 315 g/mol. The van der Waals surface area contributed by atoms with Crippen LogP contribution in [-0.2, 0) is 0 Å². The Labute approximate surface area is 116 Å². The van der Waals surface area contributed by atoms with Crippen LogP contribution in [0.3, 0.4) is 0 Å². The highest BCUT2D eigenvalue weighted by molar-refractivity contribution is 9.10. The zero-order valence-corrected chi connectivity index (χ0v) is 12.4. The van der Waals surface area contributed by atoms with Gasteiger partial charge in [0.15, 0.2) is 11.5 Å². The van der Waals surface area contributed by atoms with Gasteiger partial charge in [-0.2, -0.15) is 0 Å². The van der Waals surface area contributed by atoms with Gasteiger partial charge in [0.2, 0.25) is 0 Å². The van der Waals surface area contributed by atoms with Gasteiger partial charge in [-0.05, 0) is 39.5 Å². The monoisotopic (exact) mass is 314 g/mol. The van der Waals surface area contributed by atoms with Crippen molar-refractivity contribution in [3.05, 3.63) is 22.2 Å². The van der Waals surface area contributed by atoms with Crippen molar-refractivity contribution in [3.8, 4) is 11.5 Å². The first-order chi connectivity index (χ1) is 8.67. The van der Waals surface area contributed by atoms with Crippen LogP contribution in [0.25, 0.3) is 0 Å². The number of halogens is 1. The van der Waals surface area contributed by atoms with E-state index >= 15 is 0 Å². The third-order valence-corrected chi connectivity index (χ3v) is 4.04. The molecule has 0 saturated carbocycles. The second-order valence-electron chi connectivity index (χ2n) is 4.55. The fourth-order valence-electron chi connectivity index (χ4n) is 2.31. The maximum Gasteiger partial charge on any atom is 0.175 e. The minimum atomic E-state index is -0.452. The molecule has 0 aliphatic carbocycles. The number of ether oxygens (including phenoxy) is 2. The van der Waals surface area contributed by atoms with E-state index in [0.29, 0.717) is 13.2 Å². The van der Waals surface area contributed by atoms with Crippen LogP contribution in [0.2, 0.25) is 0 Å². The van der Waals surface area contributed by atoms with Crippen molar-refractivity contribution in [3.63, 3.8) is 0 Å². The molecule has 1 heterocycles. The summed E-state index contributed by atoms with van der Waals surface area (Å²) < 4.78 is 12.0. The number of hydrogen-bond donors (Lipinski definition) is 1. The van der Waals surface area contributed by atoms with Crippen LogP contribution in [0.5, 0.6) is 11.5 Å². The quantitative estimate of drug-likeness (QED) is 0.921. The van der Waals surface area contributed by atoms with Gasteiger partial charge >= 0.3 is 0 Å². The van der Waals surface area contributed by atoms with Crippen LogP contribution < -0.4 is 9.47 Å². The zero-order chi connectivity index (χ0) is 13.1. The molecule has 0 spiro atoms. The lowest BCUT2D eigenvalue weighted by molar-refractivity contribution is 0.102. The molecule has 1 aromatic rings. The molecular formula is C14H19BrO3. The van der Waals surface area contributed by atoms with Crippen LogP contribution >= 0.6 is 15.9 Å². The first kappa shape index (κ1) is 13.7. The Kier molecular flexibility index (Phi) is 4.51. The number of fused-ring (bicyclic) bond motifs is 1. The third-order valence-electron chi connectivity index (χ3n) is 3.46. The van der Waals surface area contributed by atoms with Gasteiger partial charge in [0, 0.05) is 0 Å². The minimum absolute atomic E-state index is 0.277. The molecule has 0 fully saturated rings. The van der Waals surface area contributed by atoms with Crippen molar-refractivity contribution in [2.75, 3.05) is 13.2 Å². The molecule has 100 valence electrons. The number of hydrogen-bond acceptors (Lipinski definition) is 3. The average Bonchev–Trinajstić information content (AvgIpc) is 2.40. The van der Waals surface area contributed by atoms with Crippen molar-refractivity contribution in [1.29, 1.82) is 0 Å². The van der Waals surface area contributed by atoms with E-state index in [0.717, 1.165) is 34.4 Å². The molecule has 0 radical (unpaired) electrons. The number of benzene rings is 1. The van der Waals surface area contributed by atoms with Gasteiger partial charge in [0.05, 0.1) is 10.6 Å². The molecule has 2 rings (SSSR count). The van der Waals surface area contributed by atoms with E-state index in [1.165, 1.54) is 0 Å². The van der Waals surface area contributed by atoms with Gasteiger partial charge in [0.25, 0.3) is 0 Å². The van der Waals surface area contributed by atoms with Crippen molar-refractivity contribution in [1.82, 2.24) is 0 Å². The standard InChI is InChI=1S/C14H19BrO3/c1-3-9(4-2)13(16)10-7-11(15)14-12(8-10)17-5-6-18-14/h7-9,13,16H,3-6H2,1-2H3. The van der Waals surface area contributed by atoms with Crippen molar-refractivity contribution in [2.45, 2.75) is 32.8 Å². The van der Waals surface area contributed by atoms with Gasteiger partial charge in [-0.15, -0.1) is 0 Å². The molecule has 1 atom stereocenters. The van der Waals surface area contributed by atoms with E-state index in [1.54, 1.807) is 0 Å². The van der Waals surface area contributed by atoms with Crippen molar-refractivity contribution in [2.24, 2.45) is 5.92 Å². The third kappa shape index (κ3) is 2.64. The van der Waals surface area contributed by atoms with Crippen LogP contribution in [0, 0.1) is 5.92 Å². The summed E-state index contributed by atoms with van der Waals surface area (Å²) in [4.78, 5) is 0. The summed E-state index contributed by atoms with van der Waals surface area (Å²) in [6.07, 6.45) is 1.47. The second kappa shape index (κ2) is 5.93. The largest absolute Gasteiger partial charge is 0.486 e. The summed E-state index contributed by atoms with van der Waals surface area (Å²) >= 11 is 3.48. The highest BCUT2D eigenvalue weighted by atomic mass is 79.9. The van der Waals surface area contributed by atoms with Gasteiger partial charge in [-0.3, -0.25) is 0 Å². The first-order valence-corrected chi connectivity index (χ1v) is 7.23. The summed E-state index contributed by atoms with van der Waals surface area (Å²) in [6, 6.07) is 3.82. The molecule has 0 amide bonds. The van der Waals surface area contributed by atoms with Crippen LogP contribution in [0.1, 0.15) is 38.4 Å². The molecule has 1 N–H and O–H groups in total. The molecule has 3 nitrogen and oxygen atoms in total. The maximum absolute atomic E-state index is 10.4. The molecule has 1 unspecified atom stereocenters. The van der Waals surface area contributed by atoms with Gasteiger partial charge in [-0.1, -0.05) is 26.7 Å². The highest BCUT2D eigenvalue weighted by Crippen LogP contribution is 2.41. The van der Waals surface area contributed by atoms with E-state index in [4.69, 9.17) is 9.47 Å². The lowest BCUT2D eigenvalue weighted by atomic mass is 9.91. The summed E-state index contributed by atoms with van der Waals surface area (Å²) in [5, 5.41) is 10.4. The minimum Gasteiger partial charge on any atom is -0.486 e. The molecule has 0 saturated heterocycles. The number of rotatable bonds is 4. The molecule has 1 aliphatic heterocycles. The van der Waals surface area contributed by atoms with Gasteiger partial charge < -0.3 is 14.6 Å². The SMILES string of the molecule is CCC(CC)C(O)c1cc(Br)c2c(c1)OCCO2. The summed E-state index contributed by atoms with van der Waals surface area (Å²) in [7, 11) is 0. The van der Waals surface area contributed by atoms with E-state index in [2.05, 4.69) is 29.8 Å². The summed E-state index contributed by atoms with van der Waals surface area (Å²) in [6.45, 7) is 5.33. The molecule has 18 heavy (non-hydrogen) atoms. The Hall–Kier alpha value is -0.740. The molecule has 0 bridgehead atoms. The van der Waals surface area contributed by atoms with Crippen molar-refractivity contribution >= 4 is 15.9 Å². The van der Waals surface area contributed by atoms with Crippen LogP contribution in [0.15, 0.2) is 16.6 Å². The normalized spacial score (nSPS) is 15.8. The number of aliphatic hydroxyl groups excluding tert-OH is 1. The van der Waals surface area contributed by atoms with Crippen LogP contribution in [-0.4, -0.2) is 18.3 Å². The molecule has 1 aliphatic rings. The van der Waals surface area contributed by atoms with Gasteiger partial charge in [0.1, 0.15) is 13.2 Å². The Morgan fingerprint density at radius 2 is 1.89 bits per heavy atom. The van der Waals surface area contributed by atoms with Crippen LogP contribution in [0.4, 0.5) is 0 Å². The topological polar surface area (TPSA) is 38.7 Å². The Morgan fingerprint density at radius 3 is 2.56 bits per heavy atom. The summed E-state index contributed by atoms with van der Waals surface area (Å²) in [5.41, 5.74) is 0.889. The van der Waals surface area contributed by atoms with Gasteiger partial charge in [-0.25, -0.2) is 0 Å². The highest BCUT2D eigenvalue weighted by Gasteiger charge is 2.22. The lowest BCUT2D eigenvalue weighted by Gasteiger charge is -2.24. The van der Waals surface area contributed by atoms with Crippen molar-refractivity contribution < 1.29 is 14.6 Å². The molecule has 1 aromatic carbocycles. The Balaban J connectivity index is 2.31. The predicted molar refractivity (Wildman–Crippen MR) is 74.2 cm³/mol. The second-order valence-corrected chi connectivity index (χ2v) is 5.40. The molecular weight excluding hydrogens is 296 g/mol. The first-order valence-electron chi connectivity index (χ1n) is 6.44. The van der Waals surface area contributed by atoms with E-state index < -0.39 is 6.10 Å².